The second-order valence-corrected chi connectivity index (χ2v) is 6.84. The maximum Gasteiger partial charge on any atom is 0.272 e. The zero-order valence-corrected chi connectivity index (χ0v) is 14.6. The fourth-order valence-corrected chi connectivity index (χ4v) is 3.64. The molecule has 7 nitrogen and oxygen atoms in total. The first-order valence-electron chi connectivity index (χ1n) is 8.95. The molecule has 2 fully saturated rings. The molecule has 1 amide bonds. The van der Waals surface area contributed by atoms with Gasteiger partial charge in [0.05, 0.1) is 30.6 Å². The van der Waals surface area contributed by atoms with E-state index in [1.807, 2.05) is 23.1 Å². The van der Waals surface area contributed by atoms with Gasteiger partial charge in [-0.2, -0.15) is 0 Å². The lowest BCUT2D eigenvalue weighted by atomic mass is 9.88. The Morgan fingerprint density at radius 3 is 2.85 bits per heavy atom. The first kappa shape index (κ1) is 17.1. The van der Waals surface area contributed by atoms with Crippen LogP contribution in [0.4, 0.5) is 0 Å². The summed E-state index contributed by atoms with van der Waals surface area (Å²) in [5.74, 6) is -0.0387. The number of nitrogens with zero attached hydrogens (tertiary/aromatic N) is 4. The number of hydrogen-bond acceptors (Lipinski definition) is 6. The van der Waals surface area contributed by atoms with Gasteiger partial charge in [0.2, 0.25) is 0 Å². The van der Waals surface area contributed by atoms with E-state index in [-0.39, 0.29) is 17.6 Å². The van der Waals surface area contributed by atoms with Crippen molar-refractivity contribution in [2.75, 3.05) is 19.7 Å². The first-order valence-corrected chi connectivity index (χ1v) is 8.95. The molecule has 0 N–H and O–H groups in total. The van der Waals surface area contributed by atoms with E-state index >= 15 is 0 Å². The van der Waals surface area contributed by atoms with Crippen LogP contribution < -0.4 is 0 Å². The molecule has 4 heterocycles. The Bertz CT molecular complexity index is 733. The van der Waals surface area contributed by atoms with Crippen LogP contribution in [0.2, 0.25) is 0 Å². The van der Waals surface area contributed by atoms with Gasteiger partial charge < -0.3 is 14.4 Å². The Labute approximate surface area is 152 Å². The van der Waals surface area contributed by atoms with Crippen molar-refractivity contribution in [2.45, 2.75) is 37.6 Å². The van der Waals surface area contributed by atoms with E-state index < -0.39 is 0 Å². The molecule has 2 aromatic heterocycles. The van der Waals surface area contributed by atoms with Crippen LogP contribution in [-0.4, -0.2) is 57.2 Å². The number of ether oxygens (including phenoxy) is 2. The minimum Gasteiger partial charge on any atom is -0.372 e. The molecular formula is C19H22N4O3. The second-order valence-electron chi connectivity index (χ2n) is 6.84. The molecule has 1 atom stereocenters. The van der Waals surface area contributed by atoms with Crippen LogP contribution in [-0.2, 0) is 16.1 Å². The Balaban J connectivity index is 1.28. The predicted molar refractivity (Wildman–Crippen MR) is 93.3 cm³/mol. The zero-order chi connectivity index (χ0) is 17.8. The minimum absolute atomic E-state index is 0.0387. The second kappa shape index (κ2) is 7.47. The number of rotatable bonds is 4. The molecule has 0 aliphatic carbocycles. The highest BCUT2D eigenvalue weighted by Gasteiger charge is 2.44. The molecule has 0 bridgehead atoms. The van der Waals surface area contributed by atoms with Gasteiger partial charge in [-0.05, 0) is 31.0 Å². The summed E-state index contributed by atoms with van der Waals surface area (Å²) in [6.45, 7) is 2.46. The molecule has 2 aliphatic rings. The summed E-state index contributed by atoms with van der Waals surface area (Å²) in [6.07, 6.45) is 7.38. The summed E-state index contributed by atoms with van der Waals surface area (Å²) in [5.41, 5.74) is 1.20. The number of carbonyl (C=O) groups is 1. The molecular weight excluding hydrogens is 332 g/mol. The summed E-state index contributed by atoms with van der Waals surface area (Å²) < 4.78 is 12.1. The van der Waals surface area contributed by atoms with Crippen molar-refractivity contribution in [1.82, 2.24) is 19.9 Å². The number of piperidine rings is 1. The molecule has 1 spiro atoms. The molecule has 2 aromatic rings. The van der Waals surface area contributed by atoms with E-state index in [2.05, 4.69) is 15.0 Å². The summed E-state index contributed by atoms with van der Waals surface area (Å²) in [6, 6.07) is 7.47. The Hall–Kier alpha value is -2.38. The van der Waals surface area contributed by atoms with Gasteiger partial charge in [0.15, 0.2) is 0 Å². The fourth-order valence-electron chi connectivity index (χ4n) is 3.64. The summed E-state index contributed by atoms with van der Waals surface area (Å²) in [7, 11) is 0. The van der Waals surface area contributed by atoms with Crippen molar-refractivity contribution in [2.24, 2.45) is 0 Å². The van der Waals surface area contributed by atoms with Crippen molar-refractivity contribution in [3.63, 3.8) is 0 Å². The third kappa shape index (κ3) is 3.73. The summed E-state index contributed by atoms with van der Waals surface area (Å²) >= 11 is 0. The standard InChI is InChI=1S/C19H22N4O3/c24-18(17-4-8-20-14-22-17)23-9-5-19(6-10-23)11-16(13-26-19)25-12-15-3-1-2-7-21-15/h1-4,7-8,14,16H,5-6,9-13H2/t16-/m0/s1. The minimum atomic E-state index is -0.169. The van der Waals surface area contributed by atoms with Gasteiger partial charge in [-0.15, -0.1) is 0 Å². The number of pyridine rings is 1. The lowest BCUT2D eigenvalue weighted by molar-refractivity contribution is -0.0413. The van der Waals surface area contributed by atoms with Crippen molar-refractivity contribution in [3.8, 4) is 0 Å². The average Bonchev–Trinajstić information content (AvgIpc) is 3.10. The van der Waals surface area contributed by atoms with Gasteiger partial charge in [-0.3, -0.25) is 9.78 Å². The Morgan fingerprint density at radius 1 is 1.23 bits per heavy atom. The van der Waals surface area contributed by atoms with Gasteiger partial charge in [0, 0.05) is 31.9 Å². The van der Waals surface area contributed by atoms with Crippen molar-refractivity contribution in [3.05, 3.63) is 54.4 Å². The number of likely N-dealkylation sites (tertiary alicyclic amines) is 1. The molecule has 0 radical (unpaired) electrons. The maximum atomic E-state index is 12.5. The van der Waals surface area contributed by atoms with Crippen LogP contribution in [0.25, 0.3) is 0 Å². The number of carbonyl (C=O) groups excluding carboxylic acids is 1. The van der Waals surface area contributed by atoms with E-state index in [9.17, 15) is 4.79 Å². The lowest BCUT2D eigenvalue weighted by Crippen LogP contribution is -2.46. The summed E-state index contributed by atoms with van der Waals surface area (Å²) in [5, 5.41) is 0. The van der Waals surface area contributed by atoms with E-state index in [0.717, 1.165) is 25.0 Å². The molecule has 2 aliphatic heterocycles. The smallest absolute Gasteiger partial charge is 0.272 e. The topological polar surface area (TPSA) is 77.4 Å². The average molecular weight is 354 g/mol. The fraction of sp³-hybridized carbons (Fsp3) is 0.474. The number of amides is 1. The van der Waals surface area contributed by atoms with Gasteiger partial charge >= 0.3 is 0 Å². The number of aromatic nitrogens is 3. The molecule has 26 heavy (non-hydrogen) atoms. The highest BCUT2D eigenvalue weighted by molar-refractivity contribution is 5.92. The third-order valence-electron chi connectivity index (χ3n) is 5.13. The molecule has 2 saturated heterocycles. The van der Waals surface area contributed by atoms with E-state index in [4.69, 9.17) is 9.47 Å². The predicted octanol–water partition coefficient (Wildman–Crippen LogP) is 1.85. The largest absolute Gasteiger partial charge is 0.372 e. The highest BCUT2D eigenvalue weighted by Crippen LogP contribution is 2.37. The van der Waals surface area contributed by atoms with E-state index in [1.54, 1.807) is 18.5 Å². The van der Waals surface area contributed by atoms with Crippen LogP contribution in [0.15, 0.2) is 43.0 Å². The van der Waals surface area contributed by atoms with Gasteiger partial charge in [0.25, 0.3) is 5.91 Å². The van der Waals surface area contributed by atoms with E-state index in [1.165, 1.54) is 6.33 Å². The molecule has 0 aromatic carbocycles. The van der Waals surface area contributed by atoms with Gasteiger partial charge in [-0.1, -0.05) is 6.07 Å². The normalized spacial score (nSPS) is 21.8. The van der Waals surface area contributed by atoms with Crippen molar-refractivity contribution < 1.29 is 14.3 Å². The van der Waals surface area contributed by atoms with Gasteiger partial charge in [-0.25, -0.2) is 9.97 Å². The monoisotopic (exact) mass is 354 g/mol. The van der Waals surface area contributed by atoms with Crippen molar-refractivity contribution >= 4 is 5.91 Å². The van der Waals surface area contributed by atoms with E-state index in [0.29, 0.717) is 32.0 Å². The lowest BCUT2D eigenvalue weighted by Gasteiger charge is -2.38. The molecule has 0 unspecified atom stereocenters. The number of hydrogen-bond donors (Lipinski definition) is 0. The van der Waals surface area contributed by atoms with Crippen LogP contribution >= 0.6 is 0 Å². The highest BCUT2D eigenvalue weighted by atomic mass is 16.6. The third-order valence-corrected chi connectivity index (χ3v) is 5.13. The molecule has 0 saturated carbocycles. The molecule has 4 rings (SSSR count). The maximum absolute atomic E-state index is 12.5. The Morgan fingerprint density at radius 2 is 2.12 bits per heavy atom. The van der Waals surface area contributed by atoms with Crippen molar-refractivity contribution in [1.29, 1.82) is 0 Å². The first-order chi connectivity index (χ1) is 12.7. The van der Waals surface area contributed by atoms with Crippen LogP contribution in [0, 0.1) is 0 Å². The molecule has 7 heteroatoms. The van der Waals surface area contributed by atoms with Crippen LogP contribution in [0.1, 0.15) is 35.4 Å². The quantitative estimate of drug-likeness (QED) is 0.834. The van der Waals surface area contributed by atoms with Crippen LogP contribution in [0.5, 0.6) is 0 Å². The zero-order valence-electron chi connectivity index (χ0n) is 14.6. The summed E-state index contributed by atoms with van der Waals surface area (Å²) in [4.78, 5) is 26.5. The van der Waals surface area contributed by atoms with Gasteiger partial charge in [0.1, 0.15) is 12.0 Å². The Kier molecular flexibility index (Phi) is 4.90. The SMILES string of the molecule is O=C(c1ccncn1)N1CCC2(CC1)C[C@H](OCc1ccccn1)CO2. The van der Waals surface area contributed by atoms with Crippen LogP contribution in [0.3, 0.4) is 0 Å². The molecule has 136 valence electrons.